The molecule has 0 saturated heterocycles. The van der Waals surface area contributed by atoms with Gasteiger partial charge in [0.15, 0.2) is 0 Å². The summed E-state index contributed by atoms with van der Waals surface area (Å²) in [5.41, 5.74) is 3.55. The van der Waals surface area contributed by atoms with Crippen molar-refractivity contribution in [3.63, 3.8) is 0 Å². The molecule has 0 aliphatic carbocycles. The van der Waals surface area contributed by atoms with Gasteiger partial charge in [-0.2, -0.15) is 0 Å². The van der Waals surface area contributed by atoms with Gasteiger partial charge in [0.1, 0.15) is 0 Å². The lowest BCUT2D eigenvalue weighted by Gasteiger charge is -2.11. The van der Waals surface area contributed by atoms with Crippen molar-refractivity contribution >= 4 is 11.9 Å². The Morgan fingerprint density at radius 3 is 2.56 bits per heavy atom. The second kappa shape index (κ2) is 6.19. The molecule has 0 bridgehead atoms. The van der Waals surface area contributed by atoms with Gasteiger partial charge in [-0.05, 0) is 36.0 Å². The van der Waals surface area contributed by atoms with E-state index < -0.39 is 11.9 Å². The summed E-state index contributed by atoms with van der Waals surface area (Å²) in [6.07, 6.45) is 0.644. The summed E-state index contributed by atoms with van der Waals surface area (Å²) in [4.78, 5) is 21.2. The molecule has 98 valence electrons. The standard InChI is InChI=1S/C14H19NO3/c1-9(2)11-5-4-10(3)12(8-11)6-7-15-13(16)14(17)18/h4-5,8-9H,6-7H2,1-3H3,(H,15,16)(H,17,18). The summed E-state index contributed by atoms with van der Waals surface area (Å²) in [7, 11) is 0. The maximum absolute atomic E-state index is 10.9. The number of amides is 1. The molecular formula is C14H19NO3. The number of carboxylic acid groups (broad SMARTS) is 1. The van der Waals surface area contributed by atoms with E-state index in [1.165, 1.54) is 5.56 Å². The molecule has 0 radical (unpaired) electrons. The third kappa shape index (κ3) is 3.87. The third-order valence-electron chi connectivity index (χ3n) is 2.91. The molecule has 0 spiro atoms. The molecule has 1 amide bonds. The van der Waals surface area contributed by atoms with Gasteiger partial charge >= 0.3 is 11.9 Å². The van der Waals surface area contributed by atoms with E-state index in [4.69, 9.17) is 5.11 Å². The molecule has 1 rings (SSSR count). The van der Waals surface area contributed by atoms with Crippen molar-refractivity contribution in [2.45, 2.75) is 33.1 Å². The van der Waals surface area contributed by atoms with Gasteiger partial charge in [-0.3, -0.25) is 4.79 Å². The number of benzene rings is 1. The number of hydrogen-bond acceptors (Lipinski definition) is 2. The van der Waals surface area contributed by atoms with Crippen LogP contribution in [0.5, 0.6) is 0 Å². The molecule has 4 heteroatoms. The molecule has 4 nitrogen and oxygen atoms in total. The number of carbonyl (C=O) groups excluding carboxylic acids is 1. The minimum Gasteiger partial charge on any atom is -0.474 e. The van der Waals surface area contributed by atoms with Crippen LogP contribution in [-0.4, -0.2) is 23.5 Å². The fourth-order valence-electron chi connectivity index (χ4n) is 1.71. The largest absolute Gasteiger partial charge is 0.474 e. The van der Waals surface area contributed by atoms with E-state index in [0.717, 1.165) is 11.1 Å². The highest BCUT2D eigenvalue weighted by atomic mass is 16.4. The van der Waals surface area contributed by atoms with Crippen LogP contribution in [0.3, 0.4) is 0 Å². The molecule has 0 fully saturated rings. The number of aryl methyl sites for hydroxylation is 1. The van der Waals surface area contributed by atoms with Crippen molar-refractivity contribution in [3.05, 3.63) is 34.9 Å². The van der Waals surface area contributed by atoms with Crippen LogP contribution < -0.4 is 5.32 Å². The summed E-state index contributed by atoms with van der Waals surface area (Å²) in [6, 6.07) is 6.27. The third-order valence-corrected chi connectivity index (χ3v) is 2.91. The monoisotopic (exact) mass is 249 g/mol. The summed E-state index contributed by atoms with van der Waals surface area (Å²) < 4.78 is 0. The molecule has 0 aliphatic heterocycles. The molecule has 18 heavy (non-hydrogen) atoms. The zero-order chi connectivity index (χ0) is 13.7. The van der Waals surface area contributed by atoms with Crippen molar-refractivity contribution < 1.29 is 14.7 Å². The molecule has 0 saturated carbocycles. The molecule has 1 aromatic carbocycles. The number of carboxylic acids is 1. The Labute approximate surface area is 107 Å². The van der Waals surface area contributed by atoms with Crippen molar-refractivity contribution in [3.8, 4) is 0 Å². The predicted molar refractivity (Wildman–Crippen MR) is 69.6 cm³/mol. The summed E-state index contributed by atoms with van der Waals surface area (Å²) in [5.74, 6) is -1.94. The first kappa shape index (κ1) is 14.2. The van der Waals surface area contributed by atoms with Crippen molar-refractivity contribution in [2.75, 3.05) is 6.54 Å². The molecule has 0 aliphatic rings. The van der Waals surface area contributed by atoms with Gasteiger partial charge in [0.2, 0.25) is 0 Å². The Hall–Kier alpha value is -1.84. The van der Waals surface area contributed by atoms with Gasteiger partial charge in [-0.1, -0.05) is 32.0 Å². The van der Waals surface area contributed by atoms with Gasteiger partial charge in [-0.15, -0.1) is 0 Å². The average Bonchev–Trinajstić information content (AvgIpc) is 2.30. The van der Waals surface area contributed by atoms with Gasteiger partial charge in [0, 0.05) is 6.54 Å². The fraction of sp³-hybridized carbons (Fsp3) is 0.429. The van der Waals surface area contributed by atoms with Crippen LogP contribution in [0.1, 0.15) is 36.5 Å². The second-order valence-electron chi connectivity index (χ2n) is 4.65. The van der Waals surface area contributed by atoms with Crippen molar-refractivity contribution in [1.82, 2.24) is 5.32 Å². The van der Waals surface area contributed by atoms with E-state index in [1.807, 2.05) is 6.92 Å². The first-order chi connectivity index (χ1) is 8.41. The Morgan fingerprint density at radius 1 is 1.33 bits per heavy atom. The maximum atomic E-state index is 10.9. The molecule has 0 aromatic heterocycles. The van der Waals surface area contributed by atoms with Crippen molar-refractivity contribution in [2.24, 2.45) is 0 Å². The number of hydrogen-bond donors (Lipinski definition) is 2. The number of aliphatic carboxylic acids is 1. The summed E-state index contributed by atoms with van der Waals surface area (Å²) in [6.45, 7) is 6.60. The topological polar surface area (TPSA) is 66.4 Å². The molecule has 0 heterocycles. The van der Waals surface area contributed by atoms with Crippen LogP contribution in [-0.2, 0) is 16.0 Å². The highest BCUT2D eigenvalue weighted by Crippen LogP contribution is 2.18. The van der Waals surface area contributed by atoms with E-state index in [0.29, 0.717) is 18.9 Å². The minimum atomic E-state index is -1.44. The average molecular weight is 249 g/mol. The van der Waals surface area contributed by atoms with Gasteiger partial charge in [-0.25, -0.2) is 4.79 Å². The Morgan fingerprint density at radius 2 is 2.00 bits per heavy atom. The zero-order valence-electron chi connectivity index (χ0n) is 11.0. The van der Waals surface area contributed by atoms with E-state index in [1.54, 1.807) is 0 Å². The van der Waals surface area contributed by atoms with Crippen LogP contribution >= 0.6 is 0 Å². The molecule has 2 N–H and O–H groups in total. The Balaban J connectivity index is 2.64. The zero-order valence-corrected chi connectivity index (χ0v) is 11.0. The molecule has 0 unspecified atom stereocenters. The minimum absolute atomic E-state index is 0.341. The SMILES string of the molecule is Cc1ccc(C(C)C)cc1CCNC(=O)C(=O)O. The number of nitrogens with one attached hydrogen (secondary N) is 1. The smallest absolute Gasteiger partial charge is 0.394 e. The first-order valence-corrected chi connectivity index (χ1v) is 6.02. The highest BCUT2D eigenvalue weighted by Gasteiger charge is 2.10. The number of rotatable bonds is 4. The van der Waals surface area contributed by atoms with E-state index in [-0.39, 0.29) is 0 Å². The van der Waals surface area contributed by atoms with Crippen LogP contribution in [0, 0.1) is 6.92 Å². The highest BCUT2D eigenvalue weighted by molar-refractivity contribution is 6.31. The fourth-order valence-corrected chi connectivity index (χ4v) is 1.71. The lowest BCUT2D eigenvalue weighted by atomic mass is 9.96. The molecular weight excluding hydrogens is 230 g/mol. The molecule has 1 aromatic rings. The van der Waals surface area contributed by atoms with Gasteiger partial charge in [0.25, 0.3) is 0 Å². The lowest BCUT2D eigenvalue weighted by Crippen LogP contribution is -2.32. The maximum Gasteiger partial charge on any atom is 0.394 e. The predicted octanol–water partition coefficient (Wildman–Crippen LogP) is 1.86. The van der Waals surface area contributed by atoms with Crippen LogP contribution in [0.25, 0.3) is 0 Å². The second-order valence-corrected chi connectivity index (χ2v) is 4.65. The van der Waals surface area contributed by atoms with E-state index >= 15 is 0 Å². The van der Waals surface area contributed by atoms with Crippen LogP contribution in [0.15, 0.2) is 18.2 Å². The Bertz CT molecular complexity index is 452. The van der Waals surface area contributed by atoms with Gasteiger partial charge < -0.3 is 10.4 Å². The van der Waals surface area contributed by atoms with E-state index in [2.05, 4.69) is 37.4 Å². The Kier molecular flexibility index (Phi) is 4.89. The van der Waals surface area contributed by atoms with Crippen LogP contribution in [0.2, 0.25) is 0 Å². The lowest BCUT2D eigenvalue weighted by molar-refractivity contribution is -0.150. The first-order valence-electron chi connectivity index (χ1n) is 6.02. The summed E-state index contributed by atoms with van der Waals surface area (Å²) >= 11 is 0. The van der Waals surface area contributed by atoms with E-state index in [9.17, 15) is 9.59 Å². The number of carbonyl (C=O) groups is 2. The summed E-state index contributed by atoms with van der Waals surface area (Å²) in [5, 5.41) is 10.8. The molecule has 0 atom stereocenters. The normalized spacial score (nSPS) is 10.4. The van der Waals surface area contributed by atoms with Gasteiger partial charge in [0.05, 0.1) is 0 Å². The van der Waals surface area contributed by atoms with Crippen molar-refractivity contribution in [1.29, 1.82) is 0 Å². The quantitative estimate of drug-likeness (QED) is 0.800. The van der Waals surface area contributed by atoms with Crippen LogP contribution in [0.4, 0.5) is 0 Å².